The van der Waals surface area contributed by atoms with Gasteiger partial charge >= 0.3 is 0 Å². The molecule has 0 aliphatic heterocycles. The lowest BCUT2D eigenvalue weighted by Crippen LogP contribution is -2.26. The molecule has 0 saturated heterocycles. The molecule has 0 spiro atoms. The van der Waals surface area contributed by atoms with Crippen molar-refractivity contribution >= 4 is 61.4 Å². The number of halogens is 2. The molecule has 1 heterocycles. The number of hydrogen-bond donors (Lipinski definition) is 3. The molecule has 0 aliphatic rings. The van der Waals surface area contributed by atoms with Crippen LogP contribution >= 0.6 is 23.2 Å². The van der Waals surface area contributed by atoms with Gasteiger partial charge in [0, 0.05) is 40.9 Å². The van der Waals surface area contributed by atoms with E-state index in [1.807, 2.05) is 18.2 Å². The first-order chi connectivity index (χ1) is 14.2. The lowest BCUT2D eigenvalue weighted by molar-refractivity contribution is 0.0953. The Labute approximate surface area is 184 Å². The van der Waals surface area contributed by atoms with Crippen molar-refractivity contribution in [3.63, 3.8) is 0 Å². The number of rotatable bonds is 8. The summed E-state index contributed by atoms with van der Waals surface area (Å²) in [4.78, 5) is 16.6. The van der Waals surface area contributed by atoms with Gasteiger partial charge in [0.25, 0.3) is 5.91 Å². The lowest BCUT2D eigenvalue weighted by Gasteiger charge is -2.11. The second-order valence-corrected chi connectivity index (χ2v) is 9.22. The number of nitrogens with zero attached hydrogens (tertiary/aromatic N) is 1. The monoisotopic (exact) mass is 466 g/mol. The molecule has 1 aromatic heterocycles. The number of aromatic nitrogens is 1. The number of hydrogen-bond acceptors (Lipinski definition) is 5. The van der Waals surface area contributed by atoms with Crippen LogP contribution in [0.2, 0.25) is 10.0 Å². The minimum Gasteiger partial charge on any atom is -0.384 e. The smallest absolute Gasteiger partial charge is 0.251 e. The van der Waals surface area contributed by atoms with Gasteiger partial charge in [0.05, 0.1) is 22.5 Å². The van der Waals surface area contributed by atoms with Crippen molar-refractivity contribution in [2.45, 2.75) is 6.42 Å². The van der Waals surface area contributed by atoms with Crippen LogP contribution in [-0.4, -0.2) is 38.7 Å². The molecular formula is C20H20Cl2N4O3S. The molecule has 0 atom stereocenters. The molecule has 3 rings (SSSR count). The molecule has 158 valence electrons. The molecule has 0 fully saturated rings. The third-order valence-corrected chi connectivity index (χ3v) is 5.34. The van der Waals surface area contributed by atoms with E-state index in [4.69, 9.17) is 23.2 Å². The molecule has 1 amide bonds. The average molecular weight is 467 g/mol. The molecule has 3 aromatic rings. The van der Waals surface area contributed by atoms with E-state index in [-0.39, 0.29) is 16.6 Å². The van der Waals surface area contributed by atoms with Crippen LogP contribution in [0.15, 0.2) is 48.7 Å². The summed E-state index contributed by atoms with van der Waals surface area (Å²) in [6, 6.07) is 11.8. The lowest BCUT2D eigenvalue weighted by atomic mass is 10.2. The zero-order valence-electron chi connectivity index (χ0n) is 16.1. The van der Waals surface area contributed by atoms with Crippen molar-refractivity contribution in [1.82, 2.24) is 10.3 Å². The molecule has 2 aromatic carbocycles. The topological polar surface area (TPSA) is 100 Å². The van der Waals surface area contributed by atoms with Gasteiger partial charge in [-0.25, -0.2) is 8.42 Å². The molecule has 0 bridgehead atoms. The van der Waals surface area contributed by atoms with E-state index < -0.39 is 10.0 Å². The van der Waals surface area contributed by atoms with Crippen molar-refractivity contribution < 1.29 is 13.2 Å². The number of carbonyl (C=O) groups excluding carboxylic acids is 1. The van der Waals surface area contributed by atoms with Gasteiger partial charge in [-0.2, -0.15) is 0 Å². The zero-order valence-corrected chi connectivity index (χ0v) is 18.4. The predicted molar refractivity (Wildman–Crippen MR) is 122 cm³/mol. The Bertz CT molecular complexity index is 1190. The van der Waals surface area contributed by atoms with Gasteiger partial charge in [-0.15, -0.1) is 0 Å². The Kier molecular flexibility index (Phi) is 7.02. The number of nitrogens with one attached hydrogen (secondary N) is 3. The summed E-state index contributed by atoms with van der Waals surface area (Å²) in [5.41, 5.74) is 2.23. The fourth-order valence-electron chi connectivity index (χ4n) is 2.84. The molecule has 0 unspecified atom stereocenters. The minimum atomic E-state index is -3.50. The minimum absolute atomic E-state index is 0.165. The first-order valence-electron chi connectivity index (χ1n) is 9.06. The van der Waals surface area contributed by atoms with E-state index >= 15 is 0 Å². The quantitative estimate of drug-likeness (QED) is 0.433. The molecule has 0 radical (unpaired) electrons. The maximum Gasteiger partial charge on any atom is 0.251 e. The number of sulfonamides is 1. The van der Waals surface area contributed by atoms with Crippen LogP contribution < -0.4 is 15.4 Å². The summed E-state index contributed by atoms with van der Waals surface area (Å²) in [7, 11) is -3.50. The fourth-order valence-corrected chi connectivity index (χ4v) is 3.79. The van der Waals surface area contributed by atoms with Crippen LogP contribution in [0.3, 0.4) is 0 Å². The number of benzene rings is 2. The average Bonchev–Trinajstić information content (AvgIpc) is 2.68. The normalized spacial score (nSPS) is 11.3. The standard InChI is InChI=1S/C20H20Cl2N4O3S/c1-30(28,29)26-19-11-13(3-6-16(19)22)20(27)25-9-2-8-23-17-7-10-24-18-12-14(21)4-5-15(17)18/h3-7,10-12,26H,2,8-9H2,1H3,(H,23,24)(H,25,27). The van der Waals surface area contributed by atoms with Crippen molar-refractivity contribution in [3.8, 4) is 0 Å². The van der Waals surface area contributed by atoms with Crippen LogP contribution in [0, 0.1) is 0 Å². The SMILES string of the molecule is CS(=O)(=O)Nc1cc(C(=O)NCCCNc2ccnc3cc(Cl)ccc23)ccc1Cl. The third kappa shape index (κ3) is 5.98. The number of pyridine rings is 1. The van der Waals surface area contributed by atoms with Crippen molar-refractivity contribution in [2.75, 3.05) is 29.4 Å². The number of carbonyl (C=O) groups is 1. The largest absolute Gasteiger partial charge is 0.384 e. The molecule has 30 heavy (non-hydrogen) atoms. The Morgan fingerprint density at radius 1 is 1.03 bits per heavy atom. The van der Waals surface area contributed by atoms with Crippen LogP contribution in [-0.2, 0) is 10.0 Å². The van der Waals surface area contributed by atoms with E-state index in [0.717, 1.165) is 22.8 Å². The Morgan fingerprint density at radius 2 is 1.83 bits per heavy atom. The van der Waals surface area contributed by atoms with Gasteiger partial charge in [0.2, 0.25) is 10.0 Å². The first kappa shape index (κ1) is 22.1. The van der Waals surface area contributed by atoms with Gasteiger partial charge in [0.1, 0.15) is 0 Å². The van der Waals surface area contributed by atoms with Crippen molar-refractivity contribution in [2.24, 2.45) is 0 Å². The maximum atomic E-state index is 12.3. The highest BCUT2D eigenvalue weighted by Gasteiger charge is 2.11. The molecule has 10 heteroatoms. The Balaban J connectivity index is 1.53. The van der Waals surface area contributed by atoms with Crippen molar-refractivity contribution in [3.05, 3.63) is 64.3 Å². The van der Waals surface area contributed by atoms with Crippen LogP contribution in [0.5, 0.6) is 0 Å². The van der Waals surface area contributed by atoms with E-state index in [9.17, 15) is 13.2 Å². The van der Waals surface area contributed by atoms with Crippen LogP contribution in [0.1, 0.15) is 16.8 Å². The molecule has 3 N–H and O–H groups in total. The van der Waals surface area contributed by atoms with Gasteiger partial charge in [-0.05, 0) is 48.9 Å². The molecule has 0 saturated carbocycles. The zero-order chi connectivity index (χ0) is 21.7. The van der Waals surface area contributed by atoms with Crippen LogP contribution in [0.4, 0.5) is 11.4 Å². The predicted octanol–water partition coefficient (Wildman–Crippen LogP) is 4.15. The van der Waals surface area contributed by atoms with Gasteiger partial charge in [-0.1, -0.05) is 23.2 Å². The number of fused-ring (bicyclic) bond motifs is 1. The fraction of sp³-hybridized carbons (Fsp3) is 0.200. The highest BCUT2D eigenvalue weighted by atomic mass is 35.5. The highest BCUT2D eigenvalue weighted by Crippen LogP contribution is 2.25. The molecule has 7 nitrogen and oxygen atoms in total. The second kappa shape index (κ2) is 9.51. The third-order valence-electron chi connectivity index (χ3n) is 4.18. The Hall–Kier alpha value is -2.55. The van der Waals surface area contributed by atoms with Gasteiger partial charge in [-0.3, -0.25) is 14.5 Å². The van der Waals surface area contributed by atoms with Gasteiger partial charge in [0.15, 0.2) is 0 Å². The van der Waals surface area contributed by atoms with E-state index in [2.05, 4.69) is 20.3 Å². The van der Waals surface area contributed by atoms with Gasteiger partial charge < -0.3 is 10.6 Å². The summed E-state index contributed by atoms with van der Waals surface area (Å²) in [5, 5.41) is 7.96. The van der Waals surface area contributed by atoms with E-state index in [1.165, 1.54) is 18.2 Å². The summed E-state index contributed by atoms with van der Waals surface area (Å²) in [6.07, 6.45) is 3.42. The number of amides is 1. The Morgan fingerprint density at radius 3 is 2.60 bits per heavy atom. The summed E-state index contributed by atoms with van der Waals surface area (Å²) < 4.78 is 25.1. The second-order valence-electron chi connectivity index (χ2n) is 6.63. The summed E-state index contributed by atoms with van der Waals surface area (Å²) in [5.74, 6) is -0.313. The van der Waals surface area contributed by atoms with Crippen molar-refractivity contribution in [1.29, 1.82) is 0 Å². The maximum absolute atomic E-state index is 12.3. The highest BCUT2D eigenvalue weighted by molar-refractivity contribution is 7.92. The molecule has 0 aliphatic carbocycles. The summed E-state index contributed by atoms with van der Waals surface area (Å²) in [6.45, 7) is 1.08. The molecular weight excluding hydrogens is 447 g/mol. The number of anilines is 2. The summed E-state index contributed by atoms with van der Waals surface area (Å²) >= 11 is 12.0. The van der Waals surface area contributed by atoms with E-state index in [1.54, 1.807) is 12.3 Å². The van der Waals surface area contributed by atoms with Crippen LogP contribution in [0.25, 0.3) is 10.9 Å². The van der Waals surface area contributed by atoms with E-state index in [0.29, 0.717) is 30.1 Å². The first-order valence-corrected chi connectivity index (χ1v) is 11.7.